The fraction of sp³-hybridized carbons (Fsp3) is 0.615. The van der Waals surface area contributed by atoms with E-state index in [1.54, 1.807) is 0 Å². The summed E-state index contributed by atoms with van der Waals surface area (Å²) < 4.78 is 15.8. The second-order valence-corrected chi connectivity index (χ2v) is 4.59. The molecule has 6 nitrogen and oxygen atoms in total. The molecule has 100 valence electrons. The fourth-order valence-corrected chi connectivity index (χ4v) is 1.66. The van der Waals surface area contributed by atoms with Crippen LogP contribution in [0, 0.1) is 45.3 Å². The van der Waals surface area contributed by atoms with Gasteiger partial charge in [0.05, 0.1) is 25.9 Å². The van der Waals surface area contributed by atoms with Crippen LogP contribution in [0.4, 0.5) is 0 Å². The maximum Gasteiger partial charge on any atom is 0.298 e. The first kappa shape index (κ1) is 14.8. The van der Waals surface area contributed by atoms with Crippen molar-refractivity contribution in [3.8, 4) is 18.2 Å². The predicted octanol–water partition coefficient (Wildman–Crippen LogP) is 1.82. The Morgan fingerprint density at radius 3 is 2.42 bits per heavy atom. The first-order valence-corrected chi connectivity index (χ1v) is 5.82. The summed E-state index contributed by atoms with van der Waals surface area (Å²) >= 11 is 0. The molecular formula is C13H15N3O3. The Morgan fingerprint density at radius 2 is 2.00 bits per heavy atom. The summed E-state index contributed by atoms with van der Waals surface area (Å²) in [5, 5.41) is 27.5. The zero-order valence-corrected chi connectivity index (χ0v) is 11.1. The normalized spacial score (nSPS) is 21.0. The van der Waals surface area contributed by atoms with E-state index in [1.807, 2.05) is 32.1 Å². The molecule has 0 aromatic rings. The highest BCUT2D eigenvalue weighted by Gasteiger charge is 2.47. The Kier molecular flexibility index (Phi) is 4.75. The van der Waals surface area contributed by atoms with E-state index >= 15 is 0 Å². The van der Waals surface area contributed by atoms with Crippen molar-refractivity contribution in [1.82, 2.24) is 0 Å². The summed E-state index contributed by atoms with van der Waals surface area (Å²) in [6.45, 7) is 4.37. The van der Waals surface area contributed by atoms with Gasteiger partial charge in [0, 0.05) is 6.42 Å². The maximum atomic E-state index is 9.23. The van der Waals surface area contributed by atoms with E-state index in [9.17, 15) is 10.5 Å². The largest absolute Gasteiger partial charge is 0.468 e. The Morgan fingerprint density at radius 1 is 1.37 bits per heavy atom. The standard InChI is InChI=1S/C13H15N3O3/c1-9(2)6-18-11-4-13(7-15,8-16)10(5-14)12(17-3)19-11/h9,11H,4,6H2,1-3H3. The lowest BCUT2D eigenvalue weighted by Gasteiger charge is -2.31. The summed E-state index contributed by atoms with van der Waals surface area (Å²) in [5.74, 6) is 0.167. The lowest BCUT2D eigenvalue weighted by Crippen LogP contribution is -2.36. The second-order valence-electron chi connectivity index (χ2n) is 4.59. The van der Waals surface area contributed by atoms with Gasteiger partial charge in [-0.25, -0.2) is 0 Å². The summed E-state index contributed by atoms with van der Waals surface area (Å²) in [5.41, 5.74) is -1.69. The molecule has 0 saturated carbocycles. The van der Waals surface area contributed by atoms with Crippen LogP contribution < -0.4 is 0 Å². The van der Waals surface area contributed by atoms with Crippen LogP contribution in [0.25, 0.3) is 0 Å². The Hall–Kier alpha value is -2.23. The van der Waals surface area contributed by atoms with Crippen molar-refractivity contribution >= 4 is 0 Å². The van der Waals surface area contributed by atoms with Crippen molar-refractivity contribution in [1.29, 1.82) is 15.8 Å². The second kappa shape index (κ2) is 6.09. The minimum atomic E-state index is -1.58. The highest BCUT2D eigenvalue weighted by Crippen LogP contribution is 2.39. The van der Waals surface area contributed by atoms with Crippen LogP contribution in [-0.4, -0.2) is 20.0 Å². The number of rotatable bonds is 4. The van der Waals surface area contributed by atoms with Crippen LogP contribution in [0.5, 0.6) is 0 Å². The molecule has 0 bridgehead atoms. The molecule has 19 heavy (non-hydrogen) atoms. The van der Waals surface area contributed by atoms with Crippen molar-refractivity contribution < 1.29 is 14.2 Å². The number of methoxy groups -OCH3 is 1. The number of nitrogens with zero attached hydrogens (tertiary/aromatic N) is 3. The first-order chi connectivity index (χ1) is 9.02. The van der Waals surface area contributed by atoms with Gasteiger partial charge in [-0.15, -0.1) is 0 Å². The average Bonchev–Trinajstić information content (AvgIpc) is 2.43. The minimum Gasteiger partial charge on any atom is -0.468 e. The summed E-state index contributed by atoms with van der Waals surface area (Å²) in [6.07, 6.45) is -0.781. The molecule has 1 rings (SSSR count). The number of nitriles is 3. The van der Waals surface area contributed by atoms with E-state index < -0.39 is 11.7 Å². The predicted molar refractivity (Wildman–Crippen MR) is 63.6 cm³/mol. The van der Waals surface area contributed by atoms with Crippen LogP contribution in [0.1, 0.15) is 20.3 Å². The molecule has 1 heterocycles. The topological polar surface area (TPSA) is 99.1 Å². The van der Waals surface area contributed by atoms with Crippen molar-refractivity contribution in [3.05, 3.63) is 11.5 Å². The number of allylic oxidation sites excluding steroid dienone is 1. The molecule has 1 atom stereocenters. The van der Waals surface area contributed by atoms with E-state index in [0.29, 0.717) is 6.61 Å². The summed E-state index contributed by atoms with van der Waals surface area (Å²) in [6, 6.07) is 5.55. The van der Waals surface area contributed by atoms with Crippen molar-refractivity contribution in [2.75, 3.05) is 13.7 Å². The molecule has 0 aliphatic carbocycles. The van der Waals surface area contributed by atoms with Gasteiger partial charge in [0.25, 0.3) is 5.95 Å². The highest BCUT2D eigenvalue weighted by molar-refractivity contribution is 5.43. The summed E-state index contributed by atoms with van der Waals surface area (Å²) in [7, 11) is 1.32. The van der Waals surface area contributed by atoms with Crippen molar-refractivity contribution in [2.24, 2.45) is 11.3 Å². The van der Waals surface area contributed by atoms with Crippen LogP contribution in [-0.2, 0) is 14.2 Å². The lowest BCUT2D eigenvalue weighted by molar-refractivity contribution is -0.171. The van der Waals surface area contributed by atoms with Gasteiger partial charge >= 0.3 is 0 Å². The van der Waals surface area contributed by atoms with Gasteiger partial charge < -0.3 is 14.2 Å². The third-order valence-corrected chi connectivity index (χ3v) is 2.64. The average molecular weight is 261 g/mol. The number of hydrogen-bond acceptors (Lipinski definition) is 6. The third kappa shape index (κ3) is 2.96. The highest BCUT2D eigenvalue weighted by atomic mass is 16.8. The van der Waals surface area contributed by atoms with Crippen LogP contribution in [0.3, 0.4) is 0 Å². The van der Waals surface area contributed by atoms with Gasteiger partial charge in [0.2, 0.25) is 6.29 Å². The Balaban J connectivity index is 3.08. The quantitative estimate of drug-likeness (QED) is 0.765. The molecule has 0 saturated heterocycles. The molecule has 0 amide bonds. The van der Waals surface area contributed by atoms with Gasteiger partial charge in [-0.1, -0.05) is 13.8 Å². The Labute approximate surface area is 112 Å². The zero-order valence-electron chi connectivity index (χ0n) is 11.1. The van der Waals surface area contributed by atoms with E-state index in [2.05, 4.69) is 0 Å². The van der Waals surface area contributed by atoms with Crippen molar-refractivity contribution in [3.63, 3.8) is 0 Å². The van der Waals surface area contributed by atoms with Gasteiger partial charge in [-0.3, -0.25) is 0 Å². The molecule has 1 unspecified atom stereocenters. The van der Waals surface area contributed by atoms with Gasteiger partial charge in [0.15, 0.2) is 5.41 Å². The number of hydrogen-bond donors (Lipinski definition) is 0. The molecule has 0 radical (unpaired) electrons. The number of ether oxygens (including phenoxy) is 3. The molecular weight excluding hydrogens is 246 g/mol. The summed E-state index contributed by atoms with van der Waals surface area (Å²) in [4.78, 5) is 0. The molecule has 0 aromatic heterocycles. The van der Waals surface area contributed by atoms with E-state index in [-0.39, 0.29) is 23.9 Å². The molecule has 0 aromatic carbocycles. The SMILES string of the molecule is COC1=C(C#N)C(C#N)(C#N)CC(OCC(C)C)O1. The molecule has 6 heteroatoms. The van der Waals surface area contributed by atoms with Crippen molar-refractivity contribution in [2.45, 2.75) is 26.6 Å². The van der Waals surface area contributed by atoms with E-state index in [0.717, 1.165) is 0 Å². The Bertz CT molecular complexity index is 477. The van der Waals surface area contributed by atoms with E-state index in [4.69, 9.17) is 19.5 Å². The maximum absolute atomic E-state index is 9.23. The van der Waals surface area contributed by atoms with Crippen LogP contribution >= 0.6 is 0 Å². The zero-order chi connectivity index (χ0) is 14.5. The monoisotopic (exact) mass is 261 g/mol. The van der Waals surface area contributed by atoms with Gasteiger partial charge in [-0.05, 0) is 5.92 Å². The third-order valence-electron chi connectivity index (χ3n) is 2.64. The van der Waals surface area contributed by atoms with E-state index in [1.165, 1.54) is 7.11 Å². The van der Waals surface area contributed by atoms with Gasteiger partial charge in [-0.2, -0.15) is 15.8 Å². The molecule has 0 fully saturated rings. The first-order valence-electron chi connectivity index (χ1n) is 5.82. The van der Waals surface area contributed by atoms with Crippen LogP contribution in [0.15, 0.2) is 11.5 Å². The molecule has 1 aliphatic heterocycles. The van der Waals surface area contributed by atoms with Crippen LogP contribution in [0.2, 0.25) is 0 Å². The molecule has 1 aliphatic rings. The molecule has 0 spiro atoms. The smallest absolute Gasteiger partial charge is 0.298 e. The molecule has 0 N–H and O–H groups in total. The minimum absolute atomic E-state index is 0.0114. The fourth-order valence-electron chi connectivity index (χ4n) is 1.66. The lowest BCUT2D eigenvalue weighted by atomic mass is 9.79. The van der Waals surface area contributed by atoms with Gasteiger partial charge in [0.1, 0.15) is 11.6 Å².